The standard InChI is InChI=1S/C15H10ClF3/c16-14(15(17,18)19)10-11-6-8-13(9-7-11)12-4-2-1-3-5-12/h1-10H. The molecule has 0 aromatic heterocycles. The van der Waals surface area contributed by atoms with Crippen LogP contribution in [0, 0.1) is 0 Å². The van der Waals surface area contributed by atoms with Gasteiger partial charge in [-0.15, -0.1) is 0 Å². The average molecular weight is 283 g/mol. The van der Waals surface area contributed by atoms with E-state index in [4.69, 9.17) is 11.6 Å². The van der Waals surface area contributed by atoms with E-state index in [0.29, 0.717) is 5.56 Å². The lowest BCUT2D eigenvalue weighted by Gasteiger charge is -2.05. The quantitative estimate of drug-likeness (QED) is 0.683. The first-order valence-corrected chi connectivity index (χ1v) is 5.94. The summed E-state index contributed by atoms with van der Waals surface area (Å²) in [5.41, 5.74) is 2.38. The van der Waals surface area contributed by atoms with Crippen LogP contribution in [0.3, 0.4) is 0 Å². The van der Waals surface area contributed by atoms with E-state index in [1.165, 1.54) is 0 Å². The minimum atomic E-state index is -4.50. The Morgan fingerprint density at radius 2 is 1.37 bits per heavy atom. The van der Waals surface area contributed by atoms with Crippen LogP contribution in [0.1, 0.15) is 5.56 Å². The van der Waals surface area contributed by atoms with Crippen molar-refractivity contribution in [3.8, 4) is 11.1 Å². The number of allylic oxidation sites excluding steroid dienone is 1. The summed E-state index contributed by atoms with van der Waals surface area (Å²) in [4.78, 5) is 0. The molecule has 0 amide bonds. The Labute approximate surface area is 114 Å². The first-order chi connectivity index (χ1) is 8.97. The Kier molecular flexibility index (Phi) is 3.96. The van der Waals surface area contributed by atoms with Crippen molar-refractivity contribution >= 4 is 17.7 Å². The molecule has 0 aliphatic carbocycles. The van der Waals surface area contributed by atoms with Gasteiger partial charge in [-0.05, 0) is 22.8 Å². The fourth-order valence-electron chi connectivity index (χ4n) is 1.63. The van der Waals surface area contributed by atoms with Crippen LogP contribution in [0.2, 0.25) is 0 Å². The number of benzene rings is 2. The Hall–Kier alpha value is -1.74. The Morgan fingerprint density at radius 1 is 0.842 bits per heavy atom. The lowest BCUT2D eigenvalue weighted by Crippen LogP contribution is -2.06. The second kappa shape index (κ2) is 5.49. The third-order valence-corrected chi connectivity index (χ3v) is 2.91. The second-order valence-electron chi connectivity index (χ2n) is 3.98. The molecular formula is C15H10ClF3. The molecule has 0 N–H and O–H groups in total. The average Bonchev–Trinajstić information content (AvgIpc) is 2.39. The molecule has 0 saturated heterocycles. The van der Waals surface area contributed by atoms with E-state index in [9.17, 15) is 13.2 Å². The molecule has 0 saturated carbocycles. The van der Waals surface area contributed by atoms with Crippen molar-refractivity contribution in [1.29, 1.82) is 0 Å². The highest BCUT2D eigenvalue weighted by atomic mass is 35.5. The molecule has 0 nitrogen and oxygen atoms in total. The summed E-state index contributed by atoms with van der Waals surface area (Å²) in [6.07, 6.45) is -3.59. The number of alkyl halides is 3. The third-order valence-electron chi connectivity index (χ3n) is 2.58. The molecule has 2 aromatic rings. The van der Waals surface area contributed by atoms with E-state index in [0.717, 1.165) is 17.2 Å². The van der Waals surface area contributed by atoms with Gasteiger partial charge in [0, 0.05) is 0 Å². The lowest BCUT2D eigenvalue weighted by molar-refractivity contribution is -0.0836. The van der Waals surface area contributed by atoms with E-state index in [-0.39, 0.29) is 0 Å². The zero-order valence-corrected chi connectivity index (χ0v) is 10.5. The largest absolute Gasteiger partial charge is 0.426 e. The normalized spacial score (nSPS) is 12.5. The van der Waals surface area contributed by atoms with E-state index in [1.54, 1.807) is 24.3 Å². The predicted molar refractivity (Wildman–Crippen MR) is 71.8 cm³/mol. The number of halogens is 4. The number of hydrogen-bond donors (Lipinski definition) is 0. The molecule has 4 heteroatoms. The zero-order valence-electron chi connectivity index (χ0n) is 9.79. The fraction of sp³-hybridized carbons (Fsp3) is 0.0667. The molecule has 98 valence electrons. The lowest BCUT2D eigenvalue weighted by atomic mass is 10.0. The van der Waals surface area contributed by atoms with Crippen molar-refractivity contribution in [3.05, 3.63) is 65.2 Å². The SMILES string of the molecule is FC(F)(F)C(Cl)=Cc1ccc(-c2ccccc2)cc1. The van der Waals surface area contributed by atoms with Crippen molar-refractivity contribution in [3.63, 3.8) is 0 Å². The van der Waals surface area contributed by atoms with Gasteiger partial charge in [0.2, 0.25) is 0 Å². The molecule has 0 heterocycles. The molecule has 0 atom stereocenters. The van der Waals surface area contributed by atoms with Gasteiger partial charge in [-0.25, -0.2) is 0 Å². The molecule has 0 spiro atoms. The van der Waals surface area contributed by atoms with E-state index in [2.05, 4.69) is 0 Å². The van der Waals surface area contributed by atoms with Gasteiger partial charge in [-0.1, -0.05) is 66.2 Å². The maximum Gasteiger partial charge on any atom is 0.426 e. The Morgan fingerprint density at radius 3 is 1.89 bits per heavy atom. The molecule has 0 bridgehead atoms. The second-order valence-corrected chi connectivity index (χ2v) is 4.39. The van der Waals surface area contributed by atoms with Crippen LogP contribution in [0.15, 0.2) is 59.6 Å². The topological polar surface area (TPSA) is 0 Å². The third kappa shape index (κ3) is 3.61. The molecule has 0 unspecified atom stereocenters. The summed E-state index contributed by atoms with van der Waals surface area (Å²) < 4.78 is 36.8. The van der Waals surface area contributed by atoms with Gasteiger partial charge < -0.3 is 0 Å². The minimum Gasteiger partial charge on any atom is -0.165 e. The first kappa shape index (κ1) is 13.7. The van der Waals surface area contributed by atoms with Gasteiger partial charge in [0.15, 0.2) is 0 Å². The van der Waals surface area contributed by atoms with Gasteiger partial charge in [-0.2, -0.15) is 13.2 Å². The van der Waals surface area contributed by atoms with Crippen LogP contribution in [0.5, 0.6) is 0 Å². The van der Waals surface area contributed by atoms with Gasteiger partial charge >= 0.3 is 6.18 Å². The minimum absolute atomic E-state index is 0.419. The van der Waals surface area contributed by atoms with Gasteiger partial charge in [0.05, 0.1) is 0 Å². The van der Waals surface area contributed by atoms with E-state index < -0.39 is 11.2 Å². The molecule has 0 aliphatic heterocycles. The van der Waals surface area contributed by atoms with Crippen LogP contribution >= 0.6 is 11.6 Å². The van der Waals surface area contributed by atoms with E-state index in [1.807, 2.05) is 30.3 Å². The van der Waals surface area contributed by atoms with Crippen molar-refractivity contribution in [1.82, 2.24) is 0 Å². The summed E-state index contributed by atoms with van der Waals surface area (Å²) >= 11 is 5.18. The summed E-state index contributed by atoms with van der Waals surface area (Å²) in [6, 6.07) is 16.3. The Balaban J connectivity index is 2.25. The van der Waals surface area contributed by atoms with Gasteiger partial charge in [-0.3, -0.25) is 0 Å². The van der Waals surface area contributed by atoms with Crippen LogP contribution in [-0.2, 0) is 0 Å². The molecule has 0 fully saturated rings. The monoisotopic (exact) mass is 282 g/mol. The fourth-order valence-corrected chi connectivity index (χ4v) is 1.76. The zero-order chi connectivity index (χ0) is 13.9. The molecule has 19 heavy (non-hydrogen) atoms. The molecule has 2 rings (SSSR count). The van der Waals surface area contributed by atoms with Crippen LogP contribution in [-0.4, -0.2) is 6.18 Å². The van der Waals surface area contributed by atoms with E-state index >= 15 is 0 Å². The van der Waals surface area contributed by atoms with Gasteiger partial charge in [0.25, 0.3) is 0 Å². The first-order valence-electron chi connectivity index (χ1n) is 5.57. The molecule has 0 aliphatic rings. The van der Waals surface area contributed by atoms with Crippen molar-refractivity contribution < 1.29 is 13.2 Å². The summed E-state index contributed by atoms with van der Waals surface area (Å²) in [7, 11) is 0. The highest BCUT2D eigenvalue weighted by molar-refractivity contribution is 6.32. The summed E-state index contributed by atoms with van der Waals surface area (Å²) in [5.74, 6) is 0. The maximum absolute atomic E-state index is 12.3. The van der Waals surface area contributed by atoms with Crippen LogP contribution in [0.4, 0.5) is 13.2 Å². The predicted octanol–water partition coefficient (Wildman–Crippen LogP) is 5.50. The summed E-state index contributed by atoms with van der Waals surface area (Å²) in [5, 5.41) is -1.13. The number of rotatable bonds is 2. The van der Waals surface area contributed by atoms with Crippen molar-refractivity contribution in [2.24, 2.45) is 0 Å². The molecular weight excluding hydrogens is 273 g/mol. The van der Waals surface area contributed by atoms with Gasteiger partial charge in [0.1, 0.15) is 5.03 Å². The van der Waals surface area contributed by atoms with Crippen molar-refractivity contribution in [2.45, 2.75) is 6.18 Å². The smallest absolute Gasteiger partial charge is 0.165 e. The van der Waals surface area contributed by atoms with Crippen molar-refractivity contribution in [2.75, 3.05) is 0 Å². The van der Waals surface area contributed by atoms with Crippen LogP contribution < -0.4 is 0 Å². The Bertz CT molecular complexity index is 569. The van der Waals surface area contributed by atoms with Crippen LogP contribution in [0.25, 0.3) is 17.2 Å². The summed E-state index contributed by atoms with van der Waals surface area (Å²) in [6.45, 7) is 0. The highest BCUT2D eigenvalue weighted by Crippen LogP contribution is 2.30. The number of hydrogen-bond acceptors (Lipinski definition) is 0. The highest BCUT2D eigenvalue weighted by Gasteiger charge is 2.32. The molecule has 2 aromatic carbocycles. The maximum atomic E-state index is 12.3. The molecule has 0 radical (unpaired) electrons.